The monoisotopic (exact) mass is 255 g/mol. The molecule has 1 heterocycles. The topological polar surface area (TPSA) is 21.3 Å². The summed E-state index contributed by atoms with van der Waals surface area (Å²) in [6.45, 7) is 12.4. The van der Waals surface area contributed by atoms with Crippen molar-refractivity contribution in [3.63, 3.8) is 0 Å². The van der Waals surface area contributed by atoms with Gasteiger partial charge in [-0.3, -0.25) is 0 Å². The minimum atomic E-state index is -0.0722. The lowest BCUT2D eigenvalue weighted by molar-refractivity contribution is -0.0147. The fourth-order valence-electron chi connectivity index (χ4n) is 1.57. The first-order chi connectivity index (χ1) is 7.92. The maximum atomic E-state index is 5.89. The maximum Gasteiger partial charge on any atom is 0.0668 e. The normalized spacial score (nSPS) is 13.9. The number of hydrogen-bond donors (Lipinski definition) is 1. The van der Waals surface area contributed by atoms with Crippen LogP contribution in [-0.4, -0.2) is 18.8 Å². The lowest BCUT2D eigenvalue weighted by Crippen LogP contribution is -2.30. The highest BCUT2D eigenvalue weighted by atomic mass is 32.1. The van der Waals surface area contributed by atoms with Crippen LogP contribution in [-0.2, 0) is 4.74 Å². The summed E-state index contributed by atoms with van der Waals surface area (Å²) in [7, 11) is 0. The van der Waals surface area contributed by atoms with E-state index in [1.54, 1.807) is 11.3 Å². The van der Waals surface area contributed by atoms with Crippen LogP contribution in [0.2, 0.25) is 0 Å². The highest BCUT2D eigenvalue weighted by Gasteiger charge is 2.17. The van der Waals surface area contributed by atoms with Crippen molar-refractivity contribution in [3.8, 4) is 0 Å². The quantitative estimate of drug-likeness (QED) is 0.832. The zero-order valence-corrected chi connectivity index (χ0v) is 12.5. The molecule has 1 aromatic rings. The molecule has 1 atom stereocenters. The van der Waals surface area contributed by atoms with E-state index in [-0.39, 0.29) is 5.60 Å². The number of hydrogen-bond acceptors (Lipinski definition) is 3. The van der Waals surface area contributed by atoms with E-state index in [4.69, 9.17) is 4.74 Å². The molecule has 3 heteroatoms. The smallest absolute Gasteiger partial charge is 0.0668 e. The van der Waals surface area contributed by atoms with Crippen molar-refractivity contribution in [1.82, 2.24) is 5.32 Å². The van der Waals surface area contributed by atoms with E-state index in [0.29, 0.717) is 6.04 Å². The van der Waals surface area contributed by atoms with Gasteiger partial charge in [0.05, 0.1) is 18.2 Å². The minimum absolute atomic E-state index is 0.0722. The van der Waals surface area contributed by atoms with Crippen LogP contribution in [0.3, 0.4) is 0 Å². The molecule has 0 aliphatic carbocycles. The van der Waals surface area contributed by atoms with Gasteiger partial charge in [0.25, 0.3) is 0 Å². The van der Waals surface area contributed by atoms with Gasteiger partial charge in [0, 0.05) is 4.88 Å². The van der Waals surface area contributed by atoms with Crippen LogP contribution in [0, 0.1) is 6.92 Å². The Kier molecular flexibility index (Phi) is 5.63. The van der Waals surface area contributed by atoms with Crippen LogP contribution in [0.4, 0.5) is 0 Å². The molecule has 0 radical (unpaired) electrons. The molecule has 0 saturated carbocycles. The van der Waals surface area contributed by atoms with E-state index >= 15 is 0 Å². The maximum absolute atomic E-state index is 5.89. The van der Waals surface area contributed by atoms with E-state index in [2.05, 4.69) is 51.4 Å². The zero-order valence-electron chi connectivity index (χ0n) is 11.7. The molecule has 98 valence electrons. The molecule has 17 heavy (non-hydrogen) atoms. The van der Waals surface area contributed by atoms with Crippen molar-refractivity contribution in [2.75, 3.05) is 13.2 Å². The zero-order chi connectivity index (χ0) is 12.9. The van der Waals surface area contributed by atoms with Crippen LogP contribution in [0.15, 0.2) is 11.4 Å². The summed E-state index contributed by atoms with van der Waals surface area (Å²) < 4.78 is 5.89. The van der Waals surface area contributed by atoms with Gasteiger partial charge in [-0.15, -0.1) is 11.3 Å². The van der Waals surface area contributed by atoms with Gasteiger partial charge in [0.1, 0.15) is 0 Å². The Bertz CT molecular complexity index is 327. The highest BCUT2D eigenvalue weighted by Crippen LogP contribution is 2.22. The lowest BCUT2D eigenvalue weighted by atomic mass is 10.1. The second-order valence-electron chi connectivity index (χ2n) is 5.42. The number of rotatable bonds is 6. The molecule has 1 aromatic heterocycles. The van der Waals surface area contributed by atoms with E-state index in [1.807, 2.05) is 0 Å². The molecule has 0 amide bonds. The van der Waals surface area contributed by atoms with Gasteiger partial charge >= 0.3 is 0 Å². The van der Waals surface area contributed by atoms with E-state index < -0.39 is 0 Å². The fourth-order valence-corrected chi connectivity index (χ4v) is 2.33. The van der Waals surface area contributed by atoms with Gasteiger partial charge < -0.3 is 10.1 Å². The SMILES string of the molecule is CCCNC(COC(C)(C)C)c1csc(C)c1. The molecular weight excluding hydrogens is 230 g/mol. The predicted molar refractivity (Wildman–Crippen MR) is 75.8 cm³/mol. The second-order valence-corrected chi connectivity index (χ2v) is 6.54. The molecule has 1 rings (SSSR count). The summed E-state index contributed by atoms with van der Waals surface area (Å²) >= 11 is 1.80. The molecule has 0 aromatic carbocycles. The van der Waals surface area contributed by atoms with Crippen molar-refractivity contribution in [3.05, 3.63) is 21.9 Å². The molecular formula is C14H25NOS. The minimum Gasteiger partial charge on any atom is -0.374 e. The Morgan fingerprint density at radius 2 is 2.12 bits per heavy atom. The van der Waals surface area contributed by atoms with Gasteiger partial charge in [-0.1, -0.05) is 6.92 Å². The van der Waals surface area contributed by atoms with E-state index in [1.165, 1.54) is 10.4 Å². The van der Waals surface area contributed by atoms with Crippen LogP contribution in [0.5, 0.6) is 0 Å². The van der Waals surface area contributed by atoms with Crippen molar-refractivity contribution < 1.29 is 4.74 Å². The average Bonchev–Trinajstić information content (AvgIpc) is 2.63. The predicted octanol–water partition coefficient (Wildman–Crippen LogP) is 3.91. The summed E-state index contributed by atoms with van der Waals surface area (Å²) in [5.41, 5.74) is 1.28. The van der Waals surface area contributed by atoms with Crippen molar-refractivity contribution >= 4 is 11.3 Å². The van der Waals surface area contributed by atoms with Crippen LogP contribution in [0.25, 0.3) is 0 Å². The largest absolute Gasteiger partial charge is 0.374 e. The van der Waals surface area contributed by atoms with Gasteiger partial charge in [-0.05, 0) is 57.7 Å². The Hall–Kier alpha value is -0.380. The molecule has 0 aliphatic heterocycles. The molecule has 1 unspecified atom stereocenters. The standard InChI is InChI=1S/C14H25NOS/c1-6-7-15-13(9-16-14(3,4)5)12-8-11(2)17-10-12/h8,10,13,15H,6-7,9H2,1-5H3. The lowest BCUT2D eigenvalue weighted by Gasteiger charge is -2.25. The third-order valence-electron chi connectivity index (χ3n) is 2.48. The van der Waals surface area contributed by atoms with Crippen LogP contribution < -0.4 is 5.32 Å². The molecule has 0 aliphatic rings. The molecule has 0 spiro atoms. The summed E-state index contributed by atoms with van der Waals surface area (Å²) in [4.78, 5) is 1.36. The molecule has 2 nitrogen and oxygen atoms in total. The molecule has 0 bridgehead atoms. The molecule has 0 saturated heterocycles. The molecule has 1 N–H and O–H groups in total. The van der Waals surface area contributed by atoms with Crippen molar-refractivity contribution in [2.24, 2.45) is 0 Å². The first-order valence-electron chi connectivity index (χ1n) is 6.34. The Balaban J connectivity index is 2.60. The highest BCUT2D eigenvalue weighted by molar-refractivity contribution is 7.10. The average molecular weight is 255 g/mol. The number of thiophene rings is 1. The van der Waals surface area contributed by atoms with Gasteiger partial charge in [0.15, 0.2) is 0 Å². The number of ether oxygens (including phenoxy) is 1. The van der Waals surface area contributed by atoms with E-state index in [9.17, 15) is 0 Å². The Morgan fingerprint density at radius 1 is 1.41 bits per heavy atom. The number of nitrogens with one attached hydrogen (secondary N) is 1. The van der Waals surface area contributed by atoms with E-state index in [0.717, 1.165) is 19.6 Å². The summed E-state index contributed by atoms with van der Waals surface area (Å²) in [6.07, 6.45) is 1.15. The van der Waals surface area contributed by atoms with Gasteiger partial charge in [-0.2, -0.15) is 0 Å². The third-order valence-corrected chi connectivity index (χ3v) is 3.36. The number of aryl methyl sites for hydroxylation is 1. The fraction of sp³-hybridized carbons (Fsp3) is 0.714. The molecule has 0 fully saturated rings. The third kappa shape index (κ3) is 5.66. The summed E-state index contributed by atoms with van der Waals surface area (Å²) in [5.74, 6) is 0. The van der Waals surface area contributed by atoms with Crippen molar-refractivity contribution in [1.29, 1.82) is 0 Å². The summed E-state index contributed by atoms with van der Waals surface area (Å²) in [6, 6.07) is 2.57. The van der Waals surface area contributed by atoms with Gasteiger partial charge in [-0.25, -0.2) is 0 Å². The summed E-state index contributed by atoms with van der Waals surface area (Å²) in [5, 5.41) is 5.78. The Labute approximate surface area is 109 Å². The second kappa shape index (κ2) is 6.53. The van der Waals surface area contributed by atoms with Crippen molar-refractivity contribution in [2.45, 2.75) is 52.7 Å². The van der Waals surface area contributed by atoms with Gasteiger partial charge in [0.2, 0.25) is 0 Å². The van der Waals surface area contributed by atoms with Crippen LogP contribution in [0.1, 0.15) is 50.6 Å². The first kappa shape index (κ1) is 14.7. The first-order valence-corrected chi connectivity index (χ1v) is 7.22. The Morgan fingerprint density at radius 3 is 2.59 bits per heavy atom. The van der Waals surface area contributed by atoms with Crippen LogP contribution >= 0.6 is 11.3 Å².